The topological polar surface area (TPSA) is 69.2 Å². The Labute approximate surface area is 114 Å². The molecule has 0 saturated heterocycles. The van der Waals surface area contributed by atoms with E-state index in [9.17, 15) is 36.5 Å². The first-order valence-electron chi connectivity index (χ1n) is 4.28. The van der Waals surface area contributed by atoms with Crippen molar-refractivity contribution in [1.82, 2.24) is 0 Å². The minimum atomic E-state index is -5.18. The van der Waals surface area contributed by atoms with Crippen molar-refractivity contribution in [3.63, 3.8) is 0 Å². The molecule has 0 atom stereocenters. The summed E-state index contributed by atoms with van der Waals surface area (Å²) in [5.74, 6) is 0. The van der Waals surface area contributed by atoms with E-state index in [1.807, 2.05) is 0 Å². The van der Waals surface area contributed by atoms with Crippen molar-refractivity contribution in [2.24, 2.45) is 0 Å². The Hall–Kier alpha value is -1.27. The molecular weight excluding hydrogens is 397 g/mol. The predicted octanol–water partition coefficient (Wildman–Crippen LogP) is 3.82. The van der Waals surface area contributed by atoms with Crippen LogP contribution in [-0.4, -0.2) is 4.92 Å². The van der Waals surface area contributed by atoms with E-state index in [2.05, 4.69) is 0 Å². The Morgan fingerprint density at radius 1 is 1.16 bits per heavy atom. The monoisotopic (exact) mass is 400 g/mol. The molecule has 0 bridgehead atoms. The molecule has 0 amide bonds. The van der Waals surface area contributed by atoms with Gasteiger partial charge in [-0.2, -0.15) is 26.3 Å². The van der Waals surface area contributed by atoms with Gasteiger partial charge in [-0.3, -0.25) is 10.1 Å². The summed E-state index contributed by atoms with van der Waals surface area (Å²) in [4.78, 5) is 9.00. The number of anilines is 1. The standard InChI is InChI=1S/C8H3F6IN2O2/c9-7(10,11)2-1-3(15)4(8(12,13)14)6(5(2)16)17(18)19/h1H,16H2. The van der Waals surface area contributed by atoms with E-state index in [4.69, 9.17) is 5.73 Å². The number of rotatable bonds is 1. The maximum atomic E-state index is 12.6. The lowest BCUT2D eigenvalue weighted by molar-refractivity contribution is -0.387. The summed E-state index contributed by atoms with van der Waals surface area (Å²) in [6, 6.07) is 0.131. The molecule has 0 aliphatic carbocycles. The van der Waals surface area contributed by atoms with Gasteiger partial charge in [0.1, 0.15) is 11.3 Å². The van der Waals surface area contributed by atoms with Crippen LogP contribution in [0, 0.1) is 13.7 Å². The van der Waals surface area contributed by atoms with Gasteiger partial charge in [-0.05, 0) is 28.7 Å². The molecule has 1 aromatic carbocycles. The van der Waals surface area contributed by atoms with Crippen LogP contribution in [0.3, 0.4) is 0 Å². The number of nitro groups is 1. The average Bonchev–Trinajstić information content (AvgIpc) is 2.16. The molecule has 0 radical (unpaired) electrons. The number of nitro benzene ring substituents is 1. The summed E-state index contributed by atoms with van der Waals surface area (Å²) in [7, 11) is 0. The van der Waals surface area contributed by atoms with E-state index in [0.717, 1.165) is 22.6 Å². The van der Waals surface area contributed by atoms with Crippen LogP contribution in [0.5, 0.6) is 0 Å². The first-order chi connectivity index (χ1) is 8.37. The zero-order chi connectivity index (χ0) is 15.2. The van der Waals surface area contributed by atoms with E-state index < -0.39 is 43.3 Å². The Morgan fingerprint density at radius 2 is 1.63 bits per heavy atom. The second-order valence-corrected chi connectivity index (χ2v) is 4.46. The maximum Gasteiger partial charge on any atom is 0.424 e. The molecule has 0 aliphatic rings. The Bertz CT molecular complexity index is 540. The molecule has 19 heavy (non-hydrogen) atoms. The van der Waals surface area contributed by atoms with Crippen molar-refractivity contribution in [3.05, 3.63) is 30.9 Å². The Balaban J connectivity index is 3.82. The summed E-state index contributed by atoms with van der Waals surface area (Å²) in [5, 5.41) is 10.6. The fraction of sp³-hybridized carbons (Fsp3) is 0.250. The second kappa shape index (κ2) is 4.68. The molecule has 0 unspecified atom stereocenters. The zero-order valence-corrected chi connectivity index (χ0v) is 10.7. The molecule has 0 aromatic heterocycles. The molecule has 2 N–H and O–H groups in total. The first-order valence-corrected chi connectivity index (χ1v) is 5.36. The molecule has 0 spiro atoms. The Morgan fingerprint density at radius 3 is 1.95 bits per heavy atom. The highest BCUT2D eigenvalue weighted by atomic mass is 127. The molecule has 0 saturated carbocycles. The van der Waals surface area contributed by atoms with Crippen LogP contribution in [0.4, 0.5) is 37.7 Å². The van der Waals surface area contributed by atoms with Crippen molar-refractivity contribution < 1.29 is 31.3 Å². The summed E-state index contributed by atoms with van der Waals surface area (Å²) >= 11 is 0.947. The highest BCUT2D eigenvalue weighted by Gasteiger charge is 2.46. The minimum absolute atomic E-state index is 0.131. The summed E-state index contributed by atoms with van der Waals surface area (Å²) < 4.78 is 74.5. The number of nitrogens with zero attached hydrogens (tertiary/aromatic N) is 1. The van der Waals surface area contributed by atoms with E-state index in [0.29, 0.717) is 0 Å². The highest BCUT2D eigenvalue weighted by molar-refractivity contribution is 14.1. The second-order valence-electron chi connectivity index (χ2n) is 3.30. The molecule has 106 valence electrons. The molecule has 1 rings (SSSR count). The SMILES string of the molecule is Nc1c(C(F)(F)F)cc(I)c(C(F)(F)F)c1[N+](=O)[O-]. The smallest absolute Gasteiger partial charge is 0.393 e. The molecule has 0 aliphatic heterocycles. The van der Waals surface area contributed by atoms with Crippen LogP contribution in [-0.2, 0) is 12.4 Å². The summed E-state index contributed by atoms with van der Waals surface area (Å²) in [5.41, 5.74) is -1.92. The number of halogens is 7. The third-order valence-electron chi connectivity index (χ3n) is 2.06. The van der Waals surface area contributed by atoms with Gasteiger partial charge in [0, 0.05) is 3.57 Å². The van der Waals surface area contributed by atoms with Crippen LogP contribution in [0.25, 0.3) is 0 Å². The van der Waals surface area contributed by atoms with E-state index in [1.165, 1.54) is 0 Å². The quantitative estimate of drug-likeness (QED) is 0.256. The normalized spacial score (nSPS) is 12.6. The molecule has 11 heteroatoms. The van der Waals surface area contributed by atoms with Crippen molar-refractivity contribution in [3.8, 4) is 0 Å². The van der Waals surface area contributed by atoms with Gasteiger partial charge in [0.25, 0.3) is 0 Å². The van der Waals surface area contributed by atoms with Gasteiger partial charge >= 0.3 is 18.0 Å². The van der Waals surface area contributed by atoms with Gasteiger partial charge in [-0.1, -0.05) is 0 Å². The van der Waals surface area contributed by atoms with Crippen LogP contribution in [0.15, 0.2) is 6.07 Å². The fourth-order valence-corrected chi connectivity index (χ4v) is 2.22. The summed E-state index contributed by atoms with van der Waals surface area (Å²) in [6.07, 6.45) is -10.3. The number of benzene rings is 1. The minimum Gasteiger partial charge on any atom is -0.393 e. The largest absolute Gasteiger partial charge is 0.424 e. The molecule has 0 fully saturated rings. The number of alkyl halides is 6. The van der Waals surface area contributed by atoms with E-state index >= 15 is 0 Å². The summed E-state index contributed by atoms with van der Waals surface area (Å²) in [6.45, 7) is 0. The third-order valence-corrected chi connectivity index (χ3v) is 2.91. The fourth-order valence-electron chi connectivity index (χ4n) is 1.35. The van der Waals surface area contributed by atoms with Gasteiger partial charge in [0.2, 0.25) is 0 Å². The Kier molecular flexibility index (Phi) is 3.89. The lowest BCUT2D eigenvalue weighted by atomic mass is 10.1. The number of hydrogen-bond donors (Lipinski definition) is 1. The van der Waals surface area contributed by atoms with Crippen LogP contribution < -0.4 is 5.73 Å². The van der Waals surface area contributed by atoms with Gasteiger partial charge < -0.3 is 5.73 Å². The van der Waals surface area contributed by atoms with E-state index in [1.54, 1.807) is 0 Å². The van der Waals surface area contributed by atoms with Crippen molar-refractivity contribution in [1.29, 1.82) is 0 Å². The van der Waals surface area contributed by atoms with Gasteiger partial charge in [-0.15, -0.1) is 0 Å². The molecule has 4 nitrogen and oxygen atoms in total. The van der Waals surface area contributed by atoms with Gasteiger partial charge in [0.05, 0.1) is 10.5 Å². The van der Waals surface area contributed by atoms with Crippen molar-refractivity contribution in [2.45, 2.75) is 12.4 Å². The first kappa shape index (κ1) is 15.8. The highest BCUT2D eigenvalue weighted by Crippen LogP contribution is 2.47. The molecule has 1 aromatic rings. The lowest BCUT2D eigenvalue weighted by Gasteiger charge is -2.15. The van der Waals surface area contributed by atoms with Crippen molar-refractivity contribution in [2.75, 3.05) is 5.73 Å². The predicted molar refractivity (Wildman–Crippen MR) is 60.2 cm³/mol. The van der Waals surface area contributed by atoms with Crippen LogP contribution >= 0.6 is 22.6 Å². The van der Waals surface area contributed by atoms with Crippen LogP contribution in [0.1, 0.15) is 11.1 Å². The molecule has 0 heterocycles. The van der Waals surface area contributed by atoms with Crippen molar-refractivity contribution >= 4 is 34.0 Å². The zero-order valence-electron chi connectivity index (χ0n) is 8.56. The van der Waals surface area contributed by atoms with E-state index in [-0.39, 0.29) is 6.07 Å². The molecular formula is C8H3F6IN2O2. The number of nitrogens with two attached hydrogens (primary N) is 1. The average molecular weight is 400 g/mol. The lowest BCUT2D eigenvalue weighted by Crippen LogP contribution is -2.18. The third kappa shape index (κ3) is 3.01. The van der Waals surface area contributed by atoms with Gasteiger partial charge in [-0.25, -0.2) is 0 Å². The van der Waals surface area contributed by atoms with Crippen LogP contribution in [0.2, 0.25) is 0 Å². The number of hydrogen-bond acceptors (Lipinski definition) is 3. The maximum absolute atomic E-state index is 12.6. The van der Waals surface area contributed by atoms with Gasteiger partial charge in [0.15, 0.2) is 0 Å². The number of nitrogen functional groups attached to an aromatic ring is 1.